The summed E-state index contributed by atoms with van der Waals surface area (Å²) >= 11 is 0. The standard InChI is InChI=1S/C11H15FN2O2S/c1-16-11-7-10(8(12)6-9(11)13)14-2-4-17(15)5-3-14/h6-7H,2-5,13H2,1H3. The van der Waals surface area contributed by atoms with Gasteiger partial charge in [-0.25, -0.2) is 4.39 Å². The summed E-state index contributed by atoms with van der Waals surface area (Å²) < 4.78 is 30.1. The van der Waals surface area contributed by atoms with E-state index in [0.29, 0.717) is 36.0 Å². The minimum Gasteiger partial charge on any atom is -0.495 e. The first-order valence-electron chi connectivity index (χ1n) is 5.34. The summed E-state index contributed by atoms with van der Waals surface area (Å²) in [5.41, 5.74) is 6.37. The first kappa shape index (κ1) is 12.2. The quantitative estimate of drug-likeness (QED) is 0.804. The molecule has 0 radical (unpaired) electrons. The third-order valence-electron chi connectivity index (χ3n) is 2.82. The number of anilines is 2. The maximum atomic E-state index is 13.8. The van der Waals surface area contributed by atoms with Gasteiger partial charge in [0.2, 0.25) is 0 Å². The fourth-order valence-electron chi connectivity index (χ4n) is 1.86. The van der Waals surface area contributed by atoms with E-state index < -0.39 is 10.8 Å². The predicted molar refractivity (Wildman–Crippen MR) is 67.5 cm³/mol. The Labute approximate surface area is 102 Å². The van der Waals surface area contributed by atoms with Crippen LogP contribution < -0.4 is 15.4 Å². The number of nitrogens with two attached hydrogens (primary N) is 1. The topological polar surface area (TPSA) is 55.6 Å². The molecule has 94 valence electrons. The van der Waals surface area contributed by atoms with Crippen molar-refractivity contribution in [1.82, 2.24) is 0 Å². The number of halogens is 1. The zero-order chi connectivity index (χ0) is 12.4. The number of hydrogen-bond donors (Lipinski definition) is 1. The monoisotopic (exact) mass is 258 g/mol. The summed E-state index contributed by atoms with van der Waals surface area (Å²) in [6.07, 6.45) is 0. The van der Waals surface area contributed by atoms with E-state index in [1.165, 1.54) is 13.2 Å². The molecule has 0 aliphatic carbocycles. The van der Waals surface area contributed by atoms with Crippen LogP contribution in [-0.2, 0) is 10.8 Å². The molecule has 4 nitrogen and oxygen atoms in total. The van der Waals surface area contributed by atoms with Gasteiger partial charge in [-0.15, -0.1) is 0 Å². The summed E-state index contributed by atoms with van der Waals surface area (Å²) in [7, 11) is 0.726. The van der Waals surface area contributed by atoms with Gasteiger partial charge in [-0.1, -0.05) is 0 Å². The first-order chi connectivity index (χ1) is 8.11. The molecule has 17 heavy (non-hydrogen) atoms. The lowest BCUT2D eigenvalue weighted by Gasteiger charge is -2.29. The van der Waals surface area contributed by atoms with Gasteiger partial charge < -0.3 is 15.4 Å². The highest BCUT2D eigenvalue weighted by Crippen LogP contribution is 2.31. The Morgan fingerprint density at radius 2 is 2.06 bits per heavy atom. The molecule has 1 aromatic rings. The molecule has 2 N–H and O–H groups in total. The molecule has 0 unspecified atom stereocenters. The van der Waals surface area contributed by atoms with Crippen molar-refractivity contribution < 1.29 is 13.3 Å². The van der Waals surface area contributed by atoms with E-state index in [9.17, 15) is 8.60 Å². The minimum atomic E-state index is -0.773. The maximum Gasteiger partial charge on any atom is 0.148 e. The fraction of sp³-hybridized carbons (Fsp3) is 0.455. The second-order valence-corrected chi connectivity index (χ2v) is 5.58. The van der Waals surface area contributed by atoms with Crippen molar-refractivity contribution >= 4 is 22.2 Å². The van der Waals surface area contributed by atoms with Crippen LogP contribution in [0.15, 0.2) is 12.1 Å². The Morgan fingerprint density at radius 3 is 2.65 bits per heavy atom. The van der Waals surface area contributed by atoms with Gasteiger partial charge in [-0.2, -0.15) is 0 Å². The zero-order valence-electron chi connectivity index (χ0n) is 9.61. The molecule has 0 saturated carbocycles. The number of methoxy groups -OCH3 is 1. The molecule has 1 fully saturated rings. The van der Waals surface area contributed by atoms with E-state index in [4.69, 9.17) is 10.5 Å². The van der Waals surface area contributed by atoms with Crippen LogP contribution >= 0.6 is 0 Å². The van der Waals surface area contributed by atoms with Crippen LogP contribution in [0.5, 0.6) is 5.75 Å². The molecule has 0 amide bonds. The molecular weight excluding hydrogens is 243 g/mol. The molecule has 6 heteroatoms. The SMILES string of the molecule is COc1cc(N2CCS(=O)CC2)c(F)cc1N. The maximum absolute atomic E-state index is 13.8. The Hall–Kier alpha value is -1.30. The van der Waals surface area contributed by atoms with E-state index in [1.807, 2.05) is 4.90 Å². The molecule has 1 saturated heterocycles. The molecule has 0 bridgehead atoms. The Morgan fingerprint density at radius 1 is 1.41 bits per heavy atom. The number of nitrogen functional groups attached to an aromatic ring is 1. The van der Waals surface area contributed by atoms with Crippen molar-refractivity contribution in [2.45, 2.75) is 0 Å². The molecule has 1 heterocycles. The van der Waals surface area contributed by atoms with Crippen LogP contribution in [0.3, 0.4) is 0 Å². The van der Waals surface area contributed by atoms with E-state index in [-0.39, 0.29) is 11.5 Å². The van der Waals surface area contributed by atoms with Gasteiger partial charge in [-0.3, -0.25) is 4.21 Å². The average molecular weight is 258 g/mol. The average Bonchev–Trinajstić information content (AvgIpc) is 2.31. The first-order valence-corrected chi connectivity index (χ1v) is 6.83. The second kappa shape index (κ2) is 4.91. The third-order valence-corrected chi connectivity index (χ3v) is 4.09. The normalized spacial score (nSPS) is 17.2. The van der Waals surface area contributed by atoms with Crippen LogP contribution in [0, 0.1) is 5.82 Å². The minimum absolute atomic E-state index is 0.286. The summed E-state index contributed by atoms with van der Waals surface area (Å²) in [5, 5.41) is 0. The summed E-state index contributed by atoms with van der Waals surface area (Å²) in [6, 6.07) is 2.86. The number of benzene rings is 1. The van der Waals surface area contributed by atoms with E-state index in [2.05, 4.69) is 0 Å². The second-order valence-electron chi connectivity index (χ2n) is 3.88. The molecular formula is C11H15FN2O2S. The van der Waals surface area contributed by atoms with Crippen LogP contribution in [0.25, 0.3) is 0 Å². The Kier molecular flexibility index (Phi) is 3.51. The van der Waals surface area contributed by atoms with Gasteiger partial charge in [0, 0.05) is 47.5 Å². The van der Waals surface area contributed by atoms with Crippen LogP contribution in [0.2, 0.25) is 0 Å². The lowest BCUT2D eigenvalue weighted by Crippen LogP contribution is -2.38. The molecule has 1 aliphatic heterocycles. The molecule has 0 spiro atoms. The molecule has 2 rings (SSSR count). The van der Waals surface area contributed by atoms with Crippen molar-refractivity contribution in [3.63, 3.8) is 0 Å². The van der Waals surface area contributed by atoms with Crippen LogP contribution in [0.4, 0.5) is 15.8 Å². The predicted octanol–water partition coefficient (Wildman–Crippen LogP) is 0.985. The fourth-order valence-corrected chi connectivity index (χ4v) is 2.91. The molecule has 1 aromatic carbocycles. The van der Waals surface area contributed by atoms with Crippen LogP contribution in [0.1, 0.15) is 0 Å². The summed E-state index contributed by atoms with van der Waals surface area (Å²) in [4.78, 5) is 1.87. The zero-order valence-corrected chi connectivity index (χ0v) is 10.4. The smallest absolute Gasteiger partial charge is 0.148 e. The van der Waals surface area contributed by atoms with E-state index in [0.717, 1.165) is 0 Å². The van der Waals surface area contributed by atoms with Gasteiger partial charge in [0.05, 0.1) is 18.5 Å². The molecule has 0 aromatic heterocycles. The number of hydrogen-bond acceptors (Lipinski definition) is 4. The highest BCUT2D eigenvalue weighted by atomic mass is 32.2. The van der Waals surface area contributed by atoms with Gasteiger partial charge in [-0.05, 0) is 0 Å². The number of rotatable bonds is 2. The van der Waals surface area contributed by atoms with E-state index >= 15 is 0 Å². The lowest BCUT2D eigenvalue weighted by atomic mass is 10.2. The van der Waals surface area contributed by atoms with Crippen molar-refractivity contribution in [2.75, 3.05) is 42.3 Å². The van der Waals surface area contributed by atoms with Crippen molar-refractivity contribution in [3.8, 4) is 5.75 Å². The van der Waals surface area contributed by atoms with Crippen molar-refractivity contribution in [3.05, 3.63) is 17.9 Å². The highest BCUT2D eigenvalue weighted by molar-refractivity contribution is 7.85. The van der Waals surface area contributed by atoms with Gasteiger partial charge >= 0.3 is 0 Å². The van der Waals surface area contributed by atoms with Gasteiger partial charge in [0.25, 0.3) is 0 Å². The molecule has 0 atom stereocenters. The third kappa shape index (κ3) is 2.52. The summed E-state index contributed by atoms with van der Waals surface area (Å²) in [6.45, 7) is 1.19. The summed E-state index contributed by atoms with van der Waals surface area (Å²) in [5.74, 6) is 1.25. The number of nitrogens with zero attached hydrogens (tertiary/aromatic N) is 1. The van der Waals surface area contributed by atoms with Gasteiger partial charge in [0.1, 0.15) is 11.6 Å². The lowest BCUT2D eigenvalue weighted by molar-refractivity contribution is 0.416. The largest absolute Gasteiger partial charge is 0.495 e. The Bertz CT molecular complexity index is 443. The van der Waals surface area contributed by atoms with Crippen LogP contribution in [-0.4, -0.2) is 35.9 Å². The van der Waals surface area contributed by atoms with Gasteiger partial charge in [0.15, 0.2) is 0 Å². The van der Waals surface area contributed by atoms with Crippen molar-refractivity contribution in [1.29, 1.82) is 0 Å². The number of ether oxygens (including phenoxy) is 1. The van der Waals surface area contributed by atoms with E-state index in [1.54, 1.807) is 6.07 Å². The van der Waals surface area contributed by atoms with Crippen molar-refractivity contribution in [2.24, 2.45) is 0 Å². The highest BCUT2D eigenvalue weighted by Gasteiger charge is 2.19. The molecule has 1 aliphatic rings. The Balaban J connectivity index is 2.28.